The van der Waals surface area contributed by atoms with Gasteiger partial charge in [0.2, 0.25) is 0 Å². The summed E-state index contributed by atoms with van der Waals surface area (Å²) in [5.41, 5.74) is 0.392. The number of hydrogen-bond acceptors (Lipinski definition) is 7. The number of fused-ring (bicyclic) bond motifs is 1. The maximum atomic E-state index is 13.0. The number of alkyl halides is 6. The molecule has 3 aromatic heterocycles. The largest absolute Gasteiger partial charge is 0.573 e. The zero-order chi connectivity index (χ0) is 29.2. The number of aromatic nitrogens is 4. The number of hydrogen-bond donors (Lipinski definition) is 2. The van der Waals surface area contributed by atoms with Crippen molar-refractivity contribution < 1.29 is 45.4 Å². The second-order valence-electron chi connectivity index (χ2n) is 8.12. The van der Waals surface area contributed by atoms with E-state index in [0.717, 1.165) is 0 Å². The van der Waals surface area contributed by atoms with Crippen molar-refractivity contribution in [2.24, 2.45) is 0 Å². The second kappa shape index (κ2) is 10.7. The molecule has 0 aliphatic heterocycles. The molecule has 0 aliphatic rings. The molecule has 16 heteroatoms. The van der Waals surface area contributed by atoms with Crippen LogP contribution in [0.2, 0.25) is 0 Å². The van der Waals surface area contributed by atoms with Crippen LogP contribution < -0.4 is 20.1 Å². The van der Waals surface area contributed by atoms with E-state index < -0.39 is 41.7 Å². The van der Waals surface area contributed by atoms with Crippen LogP contribution in [-0.4, -0.2) is 51.1 Å². The van der Waals surface area contributed by atoms with Crippen LogP contribution in [0.25, 0.3) is 17.0 Å². The van der Waals surface area contributed by atoms with E-state index in [1.807, 2.05) is 0 Å². The van der Waals surface area contributed by atoms with Gasteiger partial charge in [0.1, 0.15) is 28.7 Å². The predicted molar refractivity (Wildman–Crippen MR) is 126 cm³/mol. The molecule has 1 aromatic carbocycles. The van der Waals surface area contributed by atoms with Gasteiger partial charge in [0.05, 0.1) is 11.6 Å². The number of rotatable bonds is 7. The average Bonchev–Trinajstić information content (AvgIpc) is 3.26. The van der Waals surface area contributed by atoms with Crippen LogP contribution in [0.3, 0.4) is 0 Å². The molecule has 210 valence electrons. The number of pyridine rings is 2. The Morgan fingerprint density at radius 3 is 2.10 bits per heavy atom. The van der Waals surface area contributed by atoms with Crippen LogP contribution in [0, 0.1) is 0 Å². The molecular weight excluding hydrogens is 550 g/mol. The van der Waals surface area contributed by atoms with Crippen LogP contribution in [0.15, 0.2) is 54.9 Å². The first-order valence-electron chi connectivity index (χ1n) is 11.2. The number of nitrogens with zero attached hydrogens (tertiary/aromatic N) is 4. The average molecular weight is 568 g/mol. The molecule has 3 heterocycles. The smallest absolute Gasteiger partial charge is 0.406 e. The molecule has 1 atom stereocenters. The zero-order valence-electron chi connectivity index (χ0n) is 20.5. The zero-order valence-corrected chi connectivity index (χ0v) is 20.5. The normalized spacial score (nSPS) is 12.6. The van der Waals surface area contributed by atoms with Crippen molar-refractivity contribution in [3.63, 3.8) is 0 Å². The summed E-state index contributed by atoms with van der Waals surface area (Å²) >= 11 is 0. The molecule has 2 N–H and O–H groups in total. The Balaban J connectivity index is 1.69. The first kappa shape index (κ1) is 28.1. The van der Waals surface area contributed by atoms with Gasteiger partial charge >= 0.3 is 12.7 Å². The Bertz CT molecular complexity index is 1520. The van der Waals surface area contributed by atoms with Gasteiger partial charge in [-0.1, -0.05) is 0 Å². The van der Waals surface area contributed by atoms with E-state index >= 15 is 0 Å². The number of imidazole rings is 1. The highest BCUT2D eigenvalue weighted by molar-refractivity contribution is 5.95. The topological polar surface area (TPSA) is 120 Å². The van der Waals surface area contributed by atoms with Crippen molar-refractivity contribution in [1.29, 1.82) is 0 Å². The minimum Gasteiger partial charge on any atom is -0.406 e. The molecule has 0 bridgehead atoms. The maximum absolute atomic E-state index is 13.0. The maximum Gasteiger partial charge on any atom is 0.573 e. The van der Waals surface area contributed by atoms with Gasteiger partial charge in [-0.05, 0) is 43.3 Å². The summed E-state index contributed by atoms with van der Waals surface area (Å²) in [6.45, 7) is 1.48. The number of carbonyl (C=O) groups is 2. The number of carbonyl (C=O) groups excluding carboxylic acids is 2. The molecule has 10 nitrogen and oxygen atoms in total. The van der Waals surface area contributed by atoms with E-state index in [-0.39, 0.29) is 23.1 Å². The summed E-state index contributed by atoms with van der Waals surface area (Å²) in [6, 6.07) is 6.86. The molecule has 0 aliphatic carbocycles. The van der Waals surface area contributed by atoms with Gasteiger partial charge in [-0.15, -0.1) is 26.3 Å². The molecule has 0 spiro atoms. The van der Waals surface area contributed by atoms with Crippen LogP contribution in [-0.2, 0) is 0 Å². The van der Waals surface area contributed by atoms with Crippen LogP contribution in [0.4, 0.5) is 26.3 Å². The SMILES string of the molecule is CNC(=O)c1ccc(-n2c(C(C)NC(=O)c3cc(OC(F)(F)F)cc(OC(F)(F)F)c3)nc3cccnc32)nc1. The summed E-state index contributed by atoms with van der Waals surface area (Å²) < 4.78 is 85.3. The second-order valence-corrected chi connectivity index (χ2v) is 8.12. The van der Waals surface area contributed by atoms with Gasteiger partial charge in [-0.3, -0.25) is 14.2 Å². The molecule has 2 amide bonds. The van der Waals surface area contributed by atoms with E-state index in [2.05, 4.69) is 35.1 Å². The molecule has 0 saturated heterocycles. The van der Waals surface area contributed by atoms with Crippen molar-refractivity contribution in [1.82, 2.24) is 30.2 Å². The minimum atomic E-state index is -5.24. The van der Waals surface area contributed by atoms with E-state index in [1.165, 1.54) is 43.1 Å². The van der Waals surface area contributed by atoms with Crippen molar-refractivity contribution in [3.05, 3.63) is 71.8 Å². The van der Waals surface area contributed by atoms with E-state index in [9.17, 15) is 35.9 Å². The van der Waals surface area contributed by atoms with Crippen LogP contribution in [0.1, 0.15) is 39.5 Å². The first-order chi connectivity index (χ1) is 18.7. The monoisotopic (exact) mass is 568 g/mol. The first-order valence-corrected chi connectivity index (χ1v) is 11.2. The van der Waals surface area contributed by atoms with E-state index in [4.69, 9.17) is 0 Å². The Morgan fingerprint density at radius 2 is 1.55 bits per heavy atom. The van der Waals surface area contributed by atoms with Gasteiger partial charge in [0, 0.05) is 31.1 Å². The third-order valence-electron chi connectivity index (χ3n) is 5.25. The predicted octanol–water partition coefficient (Wildman–Crippen LogP) is 4.46. The van der Waals surface area contributed by atoms with Crippen LogP contribution >= 0.6 is 0 Å². The summed E-state index contributed by atoms with van der Waals surface area (Å²) in [5, 5.41) is 4.95. The summed E-state index contributed by atoms with van der Waals surface area (Å²) in [5.74, 6) is -3.17. The molecule has 0 saturated carbocycles. The highest BCUT2D eigenvalue weighted by Gasteiger charge is 2.34. The fourth-order valence-electron chi connectivity index (χ4n) is 3.68. The van der Waals surface area contributed by atoms with Gasteiger partial charge in [0.15, 0.2) is 5.65 Å². The third-order valence-corrected chi connectivity index (χ3v) is 5.25. The van der Waals surface area contributed by atoms with Crippen molar-refractivity contribution in [2.75, 3.05) is 7.05 Å². The number of halogens is 6. The van der Waals surface area contributed by atoms with Crippen molar-refractivity contribution in [3.8, 4) is 17.3 Å². The molecule has 4 rings (SSSR count). The summed E-state index contributed by atoms with van der Waals surface area (Å²) in [4.78, 5) is 37.9. The molecule has 40 heavy (non-hydrogen) atoms. The quantitative estimate of drug-likeness (QED) is 0.316. The summed E-state index contributed by atoms with van der Waals surface area (Å²) in [6.07, 6.45) is -7.68. The Labute approximate surface area is 221 Å². The fourth-order valence-corrected chi connectivity index (χ4v) is 3.68. The van der Waals surface area contributed by atoms with Crippen molar-refractivity contribution in [2.45, 2.75) is 25.7 Å². The minimum absolute atomic E-state index is 0.178. The van der Waals surface area contributed by atoms with Crippen LogP contribution in [0.5, 0.6) is 11.5 Å². The van der Waals surface area contributed by atoms with Gasteiger partial charge in [-0.25, -0.2) is 15.0 Å². The highest BCUT2D eigenvalue weighted by Crippen LogP contribution is 2.32. The van der Waals surface area contributed by atoms with Gasteiger partial charge < -0.3 is 20.1 Å². The lowest BCUT2D eigenvalue weighted by Crippen LogP contribution is -2.29. The number of amides is 2. The molecule has 4 aromatic rings. The molecular formula is C24H18F6N6O4. The Hall–Kier alpha value is -4.89. The number of nitrogens with one attached hydrogen (secondary N) is 2. The molecule has 0 fully saturated rings. The number of benzene rings is 1. The third kappa shape index (κ3) is 6.57. The Morgan fingerprint density at radius 1 is 0.900 bits per heavy atom. The van der Waals surface area contributed by atoms with E-state index in [0.29, 0.717) is 29.4 Å². The summed E-state index contributed by atoms with van der Waals surface area (Å²) in [7, 11) is 1.45. The lowest BCUT2D eigenvalue weighted by atomic mass is 10.1. The van der Waals surface area contributed by atoms with E-state index in [1.54, 1.807) is 12.1 Å². The van der Waals surface area contributed by atoms with Gasteiger partial charge in [-0.2, -0.15) is 0 Å². The van der Waals surface area contributed by atoms with Crippen molar-refractivity contribution >= 4 is 23.0 Å². The fraction of sp³-hybridized carbons (Fsp3) is 0.208. The number of ether oxygens (including phenoxy) is 2. The lowest BCUT2D eigenvalue weighted by Gasteiger charge is -2.17. The highest BCUT2D eigenvalue weighted by atomic mass is 19.4. The molecule has 0 radical (unpaired) electrons. The standard InChI is InChI=1S/C24H18F6N6O4/c1-12(34-22(38)14-8-15(39-23(25,26)27)10-16(9-14)40-24(28,29)30)19-35-17-4-3-7-32-20(17)36(19)18-6-5-13(11-33-18)21(37)31-2/h3-12H,1-2H3,(H,31,37)(H,34,38). The molecule has 1 unspecified atom stereocenters. The lowest BCUT2D eigenvalue weighted by molar-refractivity contribution is -0.276. The Kier molecular flexibility index (Phi) is 7.53. The van der Waals surface area contributed by atoms with Gasteiger partial charge in [0.25, 0.3) is 11.8 Å².